The molecule has 3 aromatic carbocycles. The van der Waals surface area contributed by atoms with E-state index in [4.69, 9.17) is 0 Å². The molecule has 28 heavy (non-hydrogen) atoms. The van der Waals surface area contributed by atoms with Gasteiger partial charge >= 0.3 is 0 Å². The Morgan fingerprint density at radius 3 is 1.89 bits per heavy atom. The van der Waals surface area contributed by atoms with Gasteiger partial charge in [-0.3, -0.25) is 4.57 Å². The zero-order chi connectivity index (χ0) is 19.8. The molecule has 2 nitrogen and oxygen atoms in total. The van der Waals surface area contributed by atoms with Crippen LogP contribution in [0.4, 0.5) is 4.39 Å². The van der Waals surface area contributed by atoms with Crippen LogP contribution in [0.2, 0.25) is 0 Å². The fourth-order valence-electron chi connectivity index (χ4n) is 3.94. The predicted molar refractivity (Wildman–Crippen MR) is 113 cm³/mol. The maximum atomic E-state index is 13.3. The van der Waals surface area contributed by atoms with E-state index in [9.17, 15) is 4.39 Å². The number of halogens is 1. The summed E-state index contributed by atoms with van der Waals surface area (Å²) < 4.78 is 15.4. The first-order valence-corrected chi connectivity index (χ1v) is 9.42. The zero-order valence-electron chi connectivity index (χ0n) is 16.6. The van der Waals surface area contributed by atoms with E-state index in [1.165, 1.54) is 45.5 Å². The second kappa shape index (κ2) is 7.08. The van der Waals surface area contributed by atoms with Gasteiger partial charge in [0.15, 0.2) is 0 Å². The number of imidazole rings is 1. The maximum absolute atomic E-state index is 13.3. The van der Waals surface area contributed by atoms with Crippen LogP contribution >= 0.6 is 0 Å². The molecule has 4 aromatic rings. The maximum Gasteiger partial charge on any atom is 0.144 e. The van der Waals surface area contributed by atoms with Gasteiger partial charge in [-0.05, 0) is 86.3 Å². The molecule has 0 N–H and O–H groups in total. The molecule has 3 heteroatoms. The Bertz CT molecular complexity index is 1110. The lowest BCUT2D eigenvalue weighted by Crippen LogP contribution is -2.02. The van der Waals surface area contributed by atoms with E-state index in [1.807, 2.05) is 6.20 Å². The highest BCUT2D eigenvalue weighted by atomic mass is 19.1. The molecule has 140 valence electrons. The first-order chi connectivity index (χ1) is 13.4. The van der Waals surface area contributed by atoms with E-state index in [0.717, 1.165) is 17.1 Å². The minimum absolute atomic E-state index is 0.244. The summed E-state index contributed by atoms with van der Waals surface area (Å²) in [5, 5.41) is 0. The van der Waals surface area contributed by atoms with E-state index in [0.29, 0.717) is 0 Å². The van der Waals surface area contributed by atoms with Crippen LogP contribution < -0.4 is 0 Å². The van der Waals surface area contributed by atoms with E-state index in [2.05, 4.69) is 67.6 Å². The summed E-state index contributed by atoms with van der Waals surface area (Å²) in [6.07, 6.45) is 3.75. The topological polar surface area (TPSA) is 17.8 Å². The van der Waals surface area contributed by atoms with Gasteiger partial charge in [-0.15, -0.1) is 0 Å². The molecule has 0 amide bonds. The Kier molecular flexibility index (Phi) is 4.60. The molecule has 0 aliphatic heterocycles. The number of benzene rings is 3. The normalized spacial score (nSPS) is 11.0. The summed E-state index contributed by atoms with van der Waals surface area (Å²) in [5.41, 5.74) is 9.35. The number of hydrogen-bond donors (Lipinski definition) is 0. The van der Waals surface area contributed by atoms with Gasteiger partial charge in [0.1, 0.15) is 11.6 Å². The molecular formula is C25H23FN2. The van der Waals surface area contributed by atoms with Crippen molar-refractivity contribution in [3.63, 3.8) is 0 Å². The summed E-state index contributed by atoms with van der Waals surface area (Å²) in [6.45, 7) is 8.52. The fourth-order valence-corrected chi connectivity index (χ4v) is 3.94. The van der Waals surface area contributed by atoms with Crippen molar-refractivity contribution in [1.82, 2.24) is 9.55 Å². The van der Waals surface area contributed by atoms with Crippen molar-refractivity contribution in [2.24, 2.45) is 0 Å². The van der Waals surface area contributed by atoms with Crippen LogP contribution in [0.5, 0.6) is 0 Å². The van der Waals surface area contributed by atoms with Gasteiger partial charge in [0.2, 0.25) is 0 Å². The van der Waals surface area contributed by atoms with Crippen molar-refractivity contribution in [1.29, 1.82) is 0 Å². The Labute approximate surface area is 165 Å². The van der Waals surface area contributed by atoms with Crippen LogP contribution in [-0.4, -0.2) is 9.55 Å². The molecule has 0 aliphatic rings. The Hall–Kier alpha value is -3.20. The van der Waals surface area contributed by atoms with Crippen LogP contribution in [0.25, 0.3) is 28.2 Å². The van der Waals surface area contributed by atoms with Gasteiger partial charge in [-0.2, -0.15) is 0 Å². The average Bonchev–Trinajstić information content (AvgIpc) is 3.10. The minimum atomic E-state index is -0.244. The molecule has 0 saturated heterocycles. The zero-order valence-corrected chi connectivity index (χ0v) is 16.6. The van der Waals surface area contributed by atoms with Gasteiger partial charge in [-0.1, -0.05) is 29.3 Å². The van der Waals surface area contributed by atoms with E-state index < -0.39 is 0 Å². The lowest BCUT2D eigenvalue weighted by atomic mass is 9.96. The highest BCUT2D eigenvalue weighted by Gasteiger charge is 2.14. The van der Waals surface area contributed by atoms with Crippen molar-refractivity contribution in [3.8, 4) is 28.2 Å². The second-order valence-electron chi connectivity index (χ2n) is 7.46. The largest absolute Gasteiger partial charge is 0.299 e. The summed E-state index contributed by atoms with van der Waals surface area (Å²) >= 11 is 0. The van der Waals surface area contributed by atoms with Crippen LogP contribution in [0.1, 0.15) is 22.3 Å². The molecule has 1 aromatic heterocycles. The van der Waals surface area contributed by atoms with Crippen molar-refractivity contribution >= 4 is 0 Å². The fraction of sp³-hybridized carbons (Fsp3) is 0.160. The van der Waals surface area contributed by atoms with Crippen LogP contribution in [0, 0.1) is 33.5 Å². The predicted octanol–water partition coefficient (Wildman–Crippen LogP) is 6.58. The average molecular weight is 370 g/mol. The third-order valence-electron chi connectivity index (χ3n) is 5.03. The van der Waals surface area contributed by atoms with Crippen molar-refractivity contribution in [2.75, 3.05) is 0 Å². The van der Waals surface area contributed by atoms with Gasteiger partial charge in [-0.25, -0.2) is 9.37 Å². The molecule has 0 bridgehead atoms. The molecule has 0 saturated carbocycles. The smallest absolute Gasteiger partial charge is 0.144 e. The van der Waals surface area contributed by atoms with E-state index in [-0.39, 0.29) is 5.82 Å². The highest BCUT2D eigenvalue weighted by molar-refractivity contribution is 5.71. The Morgan fingerprint density at radius 2 is 1.29 bits per heavy atom. The number of aryl methyl sites for hydroxylation is 4. The molecule has 1 heterocycles. The highest BCUT2D eigenvalue weighted by Crippen LogP contribution is 2.31. The van der Waals surface area contributed by atoms with Gasteiger partial charge in [0.05, 0.1) is 5.69 Å². The number of rotatable bonds is 3. The minimum Gasteiger partial charge on any atom is -0.299 e. The Morgan fingerprint density at radius 1 is 0.714 bits per heavy atom. The number of hydrogen-bond acceptors (Lipinski definition) is 1. The van der Waals surface area contributed by atoms with E-state index in [1.54, 1.807) is 18.3 Å². The lowest BCUT2D eigenvalue weighted by molar-refractivity contribution is 0.628. The first-order valence-electron chi connectivity index (χ1n) is 9.42. The van der Waals surface area contributed by atoms with E-state index >= 15 is 0 Å². The van der Waals surface area contributed by atoms with Crippen LogP contribution in [-0.2, 0) is 0 Å². The van der Waals surface area contributed by atoms with Crippen molar-refractivity contribution in [2.45, 2.75) is 27.7 Å². The molecule has 4 rings (SSSR count). The first kappa shape index (κ1) is 18.2. The van der Waals surface area contributed by atoms with Crippen LogP contribution in [0.15, 0.2) is 67.0 Å². The van der Waals surface area contributed by atoms with Gasteiger partial charge < -0.3 is 0 Å². The SMILES string of the molecule is Cc1cc(C)cc(-c2cc(C)c(-n3ccnc3-c3ccc(F)cc3)c(C)c2)c1. The standard InChI is InChI=1S/C25H23FN2/c1-16-11-17(2)13-21(12-16)22-14-18(3)24(19(4)15-22)28-10-9-27-25(28)20-5-7-23(26)8-6-20/h5-15H,1-4H3. The molecule has 0 radical (unpaired) electrons. The quantitative estimate of drug-likeness (QED) is 0.398. The summed E-state index contributed by atoms with van der Waals surface area (Å²) in [7, 11) is 0. The third-order valence-corrected chi connectivity index (χ3v) is 5.03. The summed E-state index contributed by atoms with van der Waals surface area (Å²) in [5.74, 6) is 0.567. The van der Waals surface area contributed by atoms with Gasteiger partial charge in [0.25, 0.3) is 0 Å². The van der Waals surface area contributed by atoms with Gasteiger partial charge in [0, 0.05) is 18.0 Å². The molecule has 0 aliphatic carbocycles. The number of nitrogens with zero attached hydrogens (tertiary/aromatic N) is 2. The summed E-state index contributed by atoms with van der Waals surface area (Å²) in [4.78, 5) is 4.52. The Balaban J connectivity index is 1.83. The van der Waals surface area contributed by atoms with Crippen LogP contribution in [0.3, 0.4) is 0 Å². The third kappa shape index (κ3) is 3.36. The summed E-state index contributed by atoms with van der Waals surface area (Å²) in [6, 6.07) is 17.6. The molecule has 0 atom stereocenters. The molecular weight excluding hydrogens is 347 g/mol. The monoisotopic (exact) mass is 370 g/mol. The second-order valence-corrected chi connectivity index (χ2v) is 7.46. The molecule has 0 fully saturated rings. The number of aromatic nitrogens is 2. The van der Waals surface area contributed by atoms with Crippen molar-refractivity contribution < 1.29 is 4.39 Å². The van der Waals surface area contributed by atoms with Crippen molar-refractivity contribution in [3.05, 3.63) is 95.1 Å². The lowest BCUT2D eigenvalue weighted by Gasteiger charge is -2.17. The molecule has 0 unspecified atom stereocenters. The molecule has 0 spiro atoms.